The molecule has 2 saturated carbocycles. The van der Waals surface area contributed by atoms with Crippen molar-refractivity contribution < 1.29 is 17.9 Å². The molecule has 4 rings (SSSR count). The van der Waals surface area contributed by atoms with E-state index in [0.717, 1.165) is 56.4 Å². The number of benzene rings is 1. The van der Waals surface area contributed by atoms with Gasteiger partial charge in [0.15, 0.2) is 11.4 Å². The maximum absolute atomic E-state index is 14.9. The molecule has 2 N–H and O–H groups in total. The zero-order valence-electron chi connectivity index (χ0n) is 18.1. The highest BCUT2D eigenvalue weighted by molar-refractivity contribution is 5.79. The van der Waals surface area contributed by atoms with E-state index in [2.05, 4.69) is 0 Å². The van der Waals surface area contributed by atoms with Crippen LogP contribution in [0.3, 0.4) is 0 Å². The second-order valence-electron chi connectivity index (χ2n) is 9.33. The van der Waals surface area contributed by atoms with Crippen molar-refractivity contribution in [1.29, 1.82) is 0 Å². The molecular weight excluding hydrogens is 384 g/mol. The predicted octanol–water partition coefficient (Wildman–Crippen LogP) is 6.68. The van der Waals surface area contributed by atoms with Gasteiger partial charge in [0.05, 0.1) is 0 Å². The Hall–Kier alpha value is -1.46. The van der Waals surface area contributed by atoms with E-state index in [1.165, 1.54) is 25.7 Å². The molecular formula is C25H35F2NO2. The molecule has 2 aliphatic rings. The average Bonchev–Trinajstić information content (AvgIpc) is 3.19. The SMILES string of the molecule is CCOCc1cc2cc(C3CCC(C4CCC(CCN)CC4)CC3)c(F)c(F)c2o1. The summed E-state index contributed by atoms with van der Waals surface area (Å²) in [5.74, 6) is 1.41. The molecule has 0 aliphatic heterocycles. The fraction of sp³-hybridized carbons (Fsp3) is 0.680. The Balaban J connectivity index is 1.41. The smallest absolute Gasteiger partial charge is 0.202 e. The first-order valence-corrected chi connectivity index (χ1v) is 11.8. The molecule has 0 saturated heterocycles. The minimum Gasteiger partial charge on any atom is -0.455 e. The monoisotopic (exact) mass is 419 g/mol. The molecule has 1 aromatic heterocycles. The van der Waals surface area contributed by atoms with E-state index in [0.29, 0.717) is 23.3 Å². The summed E-state index contributed by atoms with van der Waals surface area (Å²) in [6.45, 7) is 3.52. The van der Waals surface area contributed by atoms with Crippen molar-refractivity contribution in [3.8, 4) is 0 Å². The molecule has 0 radical (unpaired) electrons. The van der Waals surface area contributed by atoms with Crippen LogP contribution >= 0.6 is 0 Å². The molecule has 0 spiro atoms. The first kappa shape index (κ1) is 21.8. The topological polar surface area (TPSA) is 48.4 Å². The molecule has 3 nitrogen and oxygen atoms in total. The van der Waals surface area contributed by atoms with Crippen LogP contribution in [0.4, 0.5) is 8.78 Å². The first-order chi connectivity index (χ1) is 14.6. The lowest BCUT2D eigenvalue weighted by atomic mass is 9.68. The average molecular weight is 420 g/mol. The Morgan fingerprint density at radius 2 is 1.63 bits per heavy atom. The van der Waals surface area contributed by atoms with E-state index in [-0.39, 0.29) is 18.1 Å². The van der Waals surface area contributed by atoms with Crippen LogP contribution < -0.4 is 5.73 Å². The summed E-state index contributed by atoms with van der Waals surface area (Å²) >= 11 is 0. The summed E-state index contributed by atoms with van der Waals surface area (Å²) in [6.07, 6.45) is 10.5. The molecule has 1 aromatic carbocycles. The van der Waals surface area contributed by atoms with Crippen LogP contribution in [0.25, 0.3) is 11.0 Å². The number of halogens is 2. The summed E-state index contributed by atoms with van der Waals surface area (Å²) in [4.78, 5) is 0. The molecule has 30 heavy (non-hydrogen) atoms. The van der Waals surface area contributed by atoms with Crippen molar-refractivity contribution in [1.82, 2.24) is 0 Å². The van der Waals surface area contributed by atoms with Crippen LogP contribution in [0, 0.1) is 29.4 Å². The lowest BCUT2D eigenvalue weighted by Gasteiger charge is -2.38. The lowest BCUT2D eigenvalue weighted by Crippen LogP contribution is -2.26. The third kappa shape index (κ3) is 4.57. The van der Waals surface area contributed by atoms with Gasteiger partial charge in [-0.2, -0.15) is 4.39 Å². The second kappa shape index (κ2) is 9.78. The maximum Gasteiger partial charge on any atom is 0.202 e. The van der Waals surface area contributed by atoms with Crippen molar-refractivity contribution in [2.24, 2.45) is 23.5 Å². The standard InChI is InChI=1S/C25H35F2NO2/c1-2-29-15-21-13-20-14-22(23(26)24(27)25(20)30-21)19-9-7-18(8-10-19)17-5-3-16(4-6-17)11-12-28/h13-14,16-19H,2-12,15,28H2,1H3. The number of hydrogen-bond acceptors (Lipinski definition) is 3. The number of nitrogens with two attached hydrogens (primary N) is 1. The normalized spacial score (nSPS) is 27.6. The highest BCUT2D eigenvalue weighted by atomic mass is 19.2. The molecule has 2 aromatic rings. The Kier molecular flexibility index (Phi) is 7.09. The summed E-state index contributed by atoms with van der Waals surface area (Å²) in [5, 5.41) is 0.638. The van der Waals surface area contributed by atoms with Crippen molar-refractivity contribution in [3.63, 3.8) is 0 Å². The Labute approximate surface area is 178 Å². The van der Waals surface area contributed by atoms with Crippen molar-refractivity contribution in [2.75, 3.05) is 13.2 Å². The molecule has 0 amide bonds. The van der Waals surface area contributed by atoms with Crippen LogP contribution in [0.2, 0.25) is 0 Å². The van der Waals surface area contributed by atoms with Crippen LogP contribution in [0.15, 0.2) is 16.5 Å². The van der Waals surface area contributed by atoms with Gasteiger partial charge in [0.25, 0.3) is 0 Å². The maximum atomic E-state index is 14.9. The van der Waals surface area contributed by atoms with Crippen molar-refractivity contribution in [2.45, 2.75) is 77.2 Å². The number of rotatable bonds is 7. The summed E-state index contributed by atoms with van der Waals surface area (Å²) in [7, 11) is 0. The molecule has 1 heterocycles. The zero-order valence-corrected chi connectivity index (χ0v) is 18.1. The summed E-state index contributed by atoms with van der Waals surface area (Å²) in [5.41, 5.74) is 6.25. The molecule has 2 aliphatic carbocycles. The fourth-order valence-electron chi connectivity index (χ4n) is 5.85. The minimum absolute atomic E-state index is 0.00822. The van der Waals surface area contributed by atoms with Gasteiger partial charge in [-0.25, -0.2) is 4.39 Å². The van der Waals surface area contributed by atoms with E-state index < -0.39 is 11.6 Å². The Bertz CT molecular complexity index is 833. The summed E-state index contributed by atoms with van der Waals surface area (Å²) in [6, 6.07) is 3.58. The zero-order chi connectivity index (χ0) is 21.1. The molecule has 2 fully saturated rings. The summed E-state index contributed by atoms with van der Waals surface area (Å²) < 4.78 is 40.4. The van der Waals surface area contributed by atoms with E-state index in [4.69, 9.17) is 14.9 Å². The van der Waals surface area contributed by atoms with E-state index in [1.807, 2.05) is 6.92 Å². The van der Waals surface area contributed by atoms with Gasteiger partial charge >= 0.3 is 0 Å². The Morgan fingerprint density at radius 3 is 2.27 bits per heavy atom. The Morgan fingerprint density at radius 1 is 0.967 bits per heavy atom. The molecule has 5 heteroatoms. The van der Waals surface area contributed by atoms with Gasteiger partial charge in [-0.15, -0.1) is 0 Å². The number of hydrogen-bond donors (Lipinski definition) is 1. The minimum atomic E-state index is -0.856. The molecule has 0 unspecified atom stereocenters. The second-order valence-corrected chi connectivity index (χ2v) is 9.33. The fourth-order valence-corrected chi connectivity index (χ4v) is 5.85. The van der Waals surface area contributed by atoms with E-state index in [1.54, 1.807) is 12.1 Å². The highest BCUT2D eigenvalue weighted by Crippen LogP contribution is 2.45. The molecule has 0 bridgehead atoms. The van der Waals surface area contributed by atoms with Crippen LogP contribution in [-0.4, -0.2) is 13.2 Å². The van der Waals surface area contributed by atoms with E-state index in [9.17, 15) is 8.78 Å². The van der Waals surface area contributed by atoms with Gasteiger partial charge < -0.3 is 14.9 Å². The lowest BCUT2D eigenvalue weighted by molar-refractivity contribution is 0.119. The van der Waals surface area contributed by atoms with Gasteiger partial charge in [0.2, 0.25) is 5.82 Å². The van der Waals surface area contributed by atoms with Crippen LogP contribution in [-0.2, 0) is 11.3 Å². The quantitative estimate of drug-likeness (QED) is 0.545. The number of ether oxygens (including phenoxy) is 1. The predicted molar refractivity (Wildman–Crippen MR) is 115 cm³/mol. The first-order valence-electron chi connectivity index (χ1n) is 11.8. The van der Waals surface area contributed by atoms with Gasteiger partial charge in [-0.1, -0.05) is 12.8 Å². The van der Waals surface area contributed by atoms with Gasteiger partial charge in [-0.05, 0) is 99.8 Å². The van der Waals surface area contributed by atoms with Gasteiger partial charge in [0.1, 0.15) is 12.4 Å². The van der Waals surface area contributed by atoms with Gasteiger partial charge in [0, 0.05) is 12.0 Å². The highest BCUT2D eigenvalue weighted by Gasteiger charge is 2.32. The van der Waals surface area contributed by atoms with Crippen LogP contribution in [0.1, 0.15) is 82.0 Å². The third-order valence-electron chi connectivity index (χ3n) is 7.56. The molecule has 0 atom stereocenters. The third-order valence-corrected chi connectivity index (χ3v) is 7.56. The van der Waals surface area contributed by atoms with E-state index >= 15 is 0 Å². The number of furan rings is 1. The van der Waals surface area contributed by atoms with Crippen molar-refractivity contribution >= 4 is 11.0 Å². The molecule has 166 valence electrons. The van der Waals surface area contributed by atoms with Gasteiger partial charge in [-0.3, -0.25) is 0 Å². The number of fused-ring (bicyclic) bond motifs is 1. The largest absolute Gasteiger partial charge is 0.455 e. The van der Waals surface area contributed by atoms with Crippen molar-refractivity contribution in [3.05, 3.63) is 35.1 Å². The van der Waals surface area contributed by atoms with Crippen LogP contribution in [0.5, 0.6) is 0 Å².